The number of benzene rings is 2. The summed E-state index contributed by atoms with van der Waals surface area (Å²) in [4.78, 5) is 38.4. The topological polar surface area (TPSA) is 95.8 Å². The van der Waals surface area contributed by atoms with Crippen LogP contribution in [0, 0.1) is 0 Å². The normalized spacial score (nSPS) is 15.4. The first-order valence-electron chi connectivity index (χ1n) is 11.4. The van der Waals surface area contributed by atoms with Gasteiger partial charge in [-0.15, -0.1) is 0 Å². The number of carbonyl (C=O) groups excluding carboxylic acids is 1. The largest absolute Gasteiger partial charge is 0.486 e. The minimum atomic E-state index is -0.487. The molecule has 1 fully saturated rings. The van der Waals surface area contributed by atoms with Gasteiger partial charge in [-0.3, -0.25) is 9.36 Å². The van der Waals surface area contributed by atoms with Crippen LogP contribution >= 0.6 is 11.3 Å². The highest BCUT2D eigenvalue weighted by Crippen LogP contribution is 2.34. The van der Waals surface area contributed by atoms with Gasteiger partial charge in [0.15, 0.2) is 22.4 Å². The Hall–Kier alpha value is -3.76. The smallest absolute Gasteiger partial charge is 0.349 e. The Morgan fingerprint density at radius 2 is 1.71 bits per heavy atom. The van der Waals surface area contributed by atoms with Crippen LogP contribution in [0.2, 0.25) is 0 Å². The maximum Gasteiger partial charge on any atom is 0.349 e. The monoisotopic (exact) mass is 490 g/mol. The number of ether oxygens (including phenoxy) is 3. The molecule has 2 aliphatic heterocycles. The van der Waals surface area contributed by atoms with Gasteiger partial charge in [0.2, 0.25) is 0 Å². The third kappa shape index (κ3) is 4.15. The Bertz CT molecular complexity index is 1460. The Kier molecular flexibility index (Phi) is 5.67. The van der Waals surface area contributed by atoms with Crippen molar-refractivity contribution in [3.63, 3.8) is 0 Å². The lowest BCUT2D eigenvalue weighted by atomic mass is 10.1. The van der Waals surface area contributed by atoms with Crippen molar-refractivity contribution < 1.29 is 19.0 Å². The first-order chi connectivity index (χ1) is 17.2. The molecule has 35 heavy (non-hydrogen) atoms. The molecule has 2 aromatic heterocycles. The first-order valence-corrected chi connectivity index (χ1v) is 12.2. The van der Waals surface area contributed by atoms with E-state index in [4.69, 9.17) is 19.2 Å². The summed E-state index contributed by atoms with van der Waals surface area (Å²) in [6.07, 6.45) is 0. The zero-order valence-corrected chi connectivity index (χ0v) is 19.6. The van der Waals surface area contributed by atoms with Crippen molar-refractivity contribution in [3.8, 4) is 22.8 Å². The van der Waals surface area contributed by atoms with Crippen LogP contribution in [0.3, 0.4) is 0 Å². The lowest BCUT2D eigenvalue weighted by molar-refractivity contribution is 0.0970. The van der Waals surface area contributed by atoms with E-state index in [0.29, 0.717) is 72.6 Å². The molecule has 2 aliphatic rings. The van der Waals surface area contributed by atoms with Gasteiger partial charge in [-0.25, -0.2) is 9.78 Å². The zero-order valence-electron chi connectivity index (χ0n) is 18.8. The number of morpholine rings is 1. The van der Waals surface area contributed by atoms with E-state index in [1.165, 1.54) is 15.9 Å². The number of ketones is 1. The minimum Gasteiger partial charge on any atom is -0.486 e. The summed E-state index contributed by atoms with van der Waals surface area (Å²) in [5.41, 5.74) is 1.89. The van der Waals surface area contributed by atoms with E-state index < -0.39 is 5.69 Å². The van der Waals surface area contributed by atoms with E-state index in [9.17, 15) is 9.59 Å². The predicted octanol–water partition coefficient (Wildman–Crippen LogP) is 3.01. The van der Waals surface area contributed by atoms with Crippen LogP contribution in [0.5, 0.6) is 11.5 Å². The van der Waals surface area contributed by atoms with E-state index in [0.717, 1.165) is 10.7 Å². The fraction of sp³-hybridized carbons (Fsp3) is 0.280. The highest BCUT2D eigenvalue weighted by Gasteiger charge is 2.23. The Labute approximate surface area is 204 Å². The molecule has 0 radical (unpaired) electrons. The summed E-state index contributed by atoms with van der Waals surface area (Å²) < 4.78 is 18.1. The van der Waals surface area contributed by atoms with Gasteiger partial charge in [0.25, 0.3) is 0 Å². The van der Waals surface area contributed by atoms with Crippen molar-refractivity contribution in [3.05, 3.63) is 64.6 Å². The molecular formula is C25H22N4O5S. The summed E-state index contributed by atoms with van der Waals surface area (Å²) in [5.74, 6) is 0.921. The lowest BCUT2D eigenvalue weighted by Gasteiger charge is -2.25. The van der Waals surface area contributed by atoms with E-state index in [1.807, 2.05) is 30.3 Å². The molecule has 0 aliphatic carbocycles. The number of rotatable bonds is 5. The molecule has 0 atom stereocenters. The SMILES string of the molecule is O=C(Cn1c(=O)nc(-c2ccccc2)c2nc(N3CCOCC3)sc21)c1ccc2c(c1)OCCO2. The standard InChI is InChI=1S/C25H22N4O5S/c30-18(17-6-7-19-20(14-17)34-13-12-33-19)15-29-23-22(27-25(35-23)28-8-10-32-11-9-28)21(26-24(29)31)16-4-2-1-3-5-16/h1-7,14H,8-13,15H2. The van der Waals surface area contributed by atoms with Crippen LogP contribution < -0.4 is 20.1 Å². The number of aromatic nitrogens is 3. The van der Waals surface area contributed by atoms with Crippen molar-refractivity contribution in [2.45, 2.75) is 6.54 Å². The quantitative estimate of drug-likeness (QED) is 0.394. The number of hydrogen-bond acceptors (Lipinski definition) is 9. The average Bonchev–Trinajstić information content (AvgIpc) is 3.36. The van der Waals surface area contributed by atoms with Crippen molar-refractivity contribution in [2.24, 2.45) is 0 Å². The summed E-state index contributed by atoms with van der Waals surface area (Å²) >= 11 is 1.40. The Balaban J connectivity index is 1.43. The molecule has 1 saturated heterocycles. The number of nitrogens with zero attached hydrogens (tertiary/aromatic N) is 4. The predicted molar refractivity (Wildman–Crippen MR) is 132 cm³/mol. The number of fused-ring (bicyclic) bond motifs is 2. The molecule has 0 bridgehead atoms. The number of hydrogen-bond donors (Lipinski definition) is 0. The molecule has 178 valence electrons. The molecule has 0 unspecified atom stereocenters. The minimum absolute atomic E-state index is 0.151. The molecular weight excluding hydrogens is 468 g/mol. The highest BCUT2D eigenvalue weighted by molar-refractivity contribution is 7.22. The van der Waals surface area contributed by atoms with Crippen molar-refractivity contribution in [1.82, 2.24) is 14.5 Å². The molecule has 0 saturated carbocycles. The number of anilines is 1. The average molecular weight is 491 g/mol. The summed E-state index contributed by atoms with van der Waals surface area (Å²) in [5, 5.41) is 0.786. The Morgan fingerprint density at radius 1 is 0.943 bits per heavy atom. The second-order valence-electron chi connectivity index (χ2n) is 8.23. The number of Topliss-reactive ketones (excluding diaryl/α,β-unsaturated/α-hetero) is 1. The van der Waals surface area contributed by atoms with E-state index in [-0.39, 0.29) is 12.3 Å². The number of thiazole rings is 1. The third-order valence-corrected chi connectivity index (χ3v) is 7.14. The fourth-order valence-corrected chi connectivity index (χ4v) is 5.33. The molecule has 0 spiro atoms. The maximum absolute atomic E-state index is 13.2. The first kappa shape index (κ1) is 21.8. The molecule has 0 N–H and O–H groups in total. The molecule has 9 nitrogen and oxygen atoms in total. The van der Waals surface area contributed by atoms with Gasteiger partial charge in [-0.2, -0.15) is 4.98 Å². The van der Waals surface area contributed by atoms with Gasteiger partial charge < -0.3 is 19.1 Å². The summed E-state index contributed by atoms with van der Waals surface area (Å²) in [6.45, 7) is 3.43. The van der Waals surface area contributed by atoms with Gasteiger partial charge in [0, 0.05) is 24.2 Å². The third-order valence-electron chi connectivity index (χ3n) is 6.00. The molecule has 4 heterocycles. The molecule has 4 aromatic rings. The van der Waals surface area contributed by atoms with Gasteiger partial charge in [0.1, 0.15) is 29.3 Å². The van der Waals surface area contributed by atoms with Crippen molar-refractivity contribution in [1.29, 1.82) is 0 Å². The number of carbonyl (C=O) groups is 1. The summed E-state index contributed by atoms with van der Waals surface area (Å²) in [7, 11) is 0. The van der Waals surface area contributed by atoms with Crippen LogP contribution in [0.1, 0.15) is 10.4 Å². The fourth-order valence-electron chi connectivity index (χ4n) is 4.21. The Morgan fingerprint density at radius 3 is 2.51 bits per heavy atom. The van der Waals surface area contributed by atoms with Crippen LogP contribution in [-0.4, -0.2) is 59.8 Å². The van der Waals surface area contributed by atoms with E-state index in [1.54, 1.807) is 18.2 Å². The van der Waals surface area contributed by atoms with Gasteiger partial charge >= 0.3 is 5.69 Å². The van der Waals surface area contributed by atoms with Gasteiger partial charge in [0.05, 0.1) is 19.8 Å². The van der Waals surface area contributed by atoms with Crippen LogP contribution in [0.15, 0.2) is 53.3 Å². The second-order valence-corrected chi connectivity index (χ2v) is 9.18. The van der Waals surface area contributed by atoms with Gasteiger partial charge in [-0.05, 0) is 18.2 Å². The second kappa shape index (κ2) is 9.12. The molecule has 0 amide bonds. The molecule has 10 heteroatoms. The zero-order chi connectivity index (χ0) is 23.8. The van der Waals surface area contributed by atoms with Crippen molar-refractivity contribution in [2.75, 3.05) is 44.4 Å². The highest BCUT2D eigenvalue weighted by atomic mass is 32.1. The maximum atomic E-state index is 13.2. The van der Waals surface area contributed by atoms with Gasteiger partial charge in [-0.1, -0.05) is 41.7 Å². The lowest BCUT2D eigenvalue weighted by Crippen LogP contribution is -2.36. The molecule has 6 rings (SSSR count). The van der Waals surface area contributed by atoms with E-state index in [2.05, 4.69) is 9.88 Å². The van der Waals surface area contributed by atoms with Crippen LogP contribution in [-0.2, 0) is 11.3 Å². The van der Waals surface area contributed by atoms with E-state index >= 15 is 0 Å². The van der Waals surface area contributed by atoms with Crippen LogP contribution in [0.25, 0.3) is 21.6 Å². The molecule has 2 aromatic carbocycles. The summed E-state index contributed by atoms with van der Waals surface area (Å²) in [6, 6.07) is 14.6. The van der Waals surface area contributed by atoms with Crippen molar-refractivity contribution >= 4 is 32.6 Å². The van der Waals surface area contributed by atoms with Crippen LogP contribution in [0.4, 0.5) is 5.13 Å².